The molecule has 1 rings (SSSR count). The molecular weight excluding hydrogens is 336 g/mol. The Morgan fingerprint density at radius 1 is 1.08 bits per heavy atom. The molecule has 1 atom stereocenters. The smallest absolute Gasteiger partial charge is 0.407 e. The van der Waals surface area contributed by atoms with Gasteiger partial charge in [-0.25, -0.2) is 9.59 Å². The molecule has 0 spiro atoms. The lowest BCUT2D eigenvalue weighted by Crippen LogP contribution is -2.41. The van der Waals surface area contributed by atoms with E-state index in [0.29, 0.717) is 31.4 Å². The minimum absolute atomic E-state index is 0.326. The van der Waals surface area contributed by atoms with Gasteiger partial charge in [-0.3, -0.25) is 4.79 Å². The van der Waals surface area contributed by atoms with Crippen LogP contribution < -0.4 is 10.6 Å². The van der Waals surface area contributed by atoms with Crippen LogP contribution in [0.3, 0.4) is 0 Å². The fourth-order valence-corrected chi connectivity index (χ4v) is 2.20. The molecule has 0 saturated carbocycles. The van der Waals surface area contributed by atoms with Crippen LogP contribution in [0.5, 0.6) is 0 Å². The van der Waals surface area contributed by atoms with Gasteiger partial charge in [0.05, 0.1) is 7.11 Å². The first-order chi connectivity index (χ1) is 12.2. The highest BCUT2D eigenvalue weighted by Crippen LogP contribution is 2.08. The molecule has 7 heteroatoms. The molecule has 1 unspecified atom stereocenters. The van der Waals surface area contributed by atoms with Gasteiger partial charge < -0.3 is 20.1 Å². The normalized spacial score (nSPS) is 12.0. The van der Waals surface area contributed by atoms with E-state index < -0.39 is 23.7 Å². The first-order valence-corrected chi connectivity index (χ1v) is 8.63. The van der Waals surface area contributed by atoms with Crippen molar-refractivity contribution in [3.8, 4) is 0 Å². The van der Waals surface area contributed by atoms with Gasteiger partial charge in [0.1, 0.15) is 11.6 Å². The molecule has 0 aliphatic carbocycles. The van der Waals surface area contributed by atoms with Crippen molar-refractivity contribution in [3.05, 3.63) is 35.9 Å². The van der Waals surface area contributed by atoms with Gasteiger partial charge >= 0.3 is 12.1 Å². The fraction of sp³-hybridized carbons (Fsp3) is 0.526. The number of hydrogen-bond acceptors (Lipinski definition) is 5. The van der Waals surface area contributed by atoms with Gasteiger partial charge in [-0.15, -0.1) is 0 Å². The third-order valence-corrected chi connectivity index (χ3v) is 3.41. The number of ether oxygens (including phenoxy) is 2. The second-order valence-corrected chi connectivity index (χ2v) is 6.84. The van der Waals surface area contributed by atoms with E-state index >= 15 is 0 Å². The van der Waals surface area contributed by atoms with E-state index in [1.165, 1.54) is 7.11 Å². The summed E-state index contributed by atoms with van der Waals surface area (Å²) in [6.45, 7) is 5.81. The average Bonchev–Trinajstić information content (AvgIpc) is 2.58. The van der Waals surface area contributed by atoms with Crippen LogP contribution >= 0.6 is 0 Å². The molecule has 144 valence electrons. The maximum atomic E-state index is 12.2. The number of hydrogen-bond donors (Lipinski definition) is 2. The molecular formula is C19H28N2O5. The minimum atomic E-state index is -0.728. The van der Waals surface area contributed by atoms with E-state index in [1.807, 2.05) is 6.07 Å². The van der Waals surface area contributed by atoms with E-state index in [2.05, 4.69) is 10.6 Å². The van der Waals surface area contributed by atoms with Crippen LogP contribution in [-0.2, 0) is 14.3 Å². The Morgan fingerprint density at radius 3 is 2.31 bits per heavy atom. The van der Waals surface area contributed by atoms with Crippen molar-refractivity contribution in [2.75, 3.05) is 13.7 Å². The largest absolute Gasteiger partial charge is 0.467 e. The first kappa shape index (κ1) is 21.5. The molecule has 0 aliphatic heterocycles. The monoisotopic (exact) mass is 364 g/mol. The zero-order chi connectivity index (χ0) is 19.6. The predicted octanol–water partition coefficient (Wildman–Crippen LogP) is 2.65. The average molecular weight is 364 g/mol. The van der Waals surface area contributed by atoms with E-state index in [4.69, 9.17) is 9.47 Å². The highest BCUT2D eigenvalue weighted by Gasteiger charge is 2.21. The molecule has 0 aliphatic rings. The molecule has 1 aromatic rings. The number of unbranched alkanes of at least 4 members (excludes halogenated alkanes) is 1. The molecule has 0 fully saturated rings. The van der Waals surface area contributed by atoms with E-state index in [-0.39, 0.29) is 5.91 Å². The second kappa shape index (κ2) is 10.4. The number of alkyl carbamates (subject to hydrolysis) is 1. The molecule has 0 radical (unpaired) electrons. The summed E-state index contributed by atoms with van der Waals surface area (Å²) in [6, 6.07) is 7.94. The highest BCUT2D eigenvalue weighted by atomic mass is 16.6. The van der Waals surface area contributed by atoms with E-state index in [1.54, 1.807) is 45.0 Å². The molecule has 2 amide bonds. The summed E-state index contributed by atoms with van der Waals surface area (Å²) in [5.41, 5.74) is -0.0603. The zero-order valence-corrected chi connectivity index (χ0v) is 15.8. The third-order valence-electron chi connectivity index (χ3n) is 3.41. The van der Waals surface area contributed by atoms with Gasteiger partial charge in [-0.1, -0.05) is 18.2 Å². The Labute approximate surface area is 154 Å². The number of amides is 2. The van der Waals surface area contributed by atoms with Crippen molar-refractivity contribution < 1.29 is 23.9 Å². The van der Waals surface area contributed by atoms with Crippen LogP contribution in [0.15, 0.2) is 30.3 Å². The molecule has 26 heavy (non-hydrogen) atoms. The first-order valence-electron chi connectivity index (χ1n) is 8.63. The molecule has 1 aromatic carbocycles. The van der Waals surface area contributed by atoms with Crippen LogP contribution in [0.1, 0.15) is 50.4 Å². The van der Waals surface area contributed by atoms with Gasteiger partial charge in [-0.2, -0.15) is 0 Å². The lowest BCUT2D eigenvalue weighted by Gasteiger charge is -2.20. The lowest BCUT2D eigenvalue weighted by molar-refractivity contribution is -0.143. The highest BCUT2D eigenvalue weighted by molar-refractivity contribution is 5.96. The number of carbonyl (C=O) groups excluding carboxylic acids is 3. The van der Waals surface area contributed by atoms with Gasteiger partial charge in [0, 0.05) is 12.1 Å². The SMILES string of the molecule is COC(=O)C(CCCCNC(=O)OC(C)(C)C)NC(=O)c1ccccc1. The predicted molar refractivity (Wildman–Crippen MR) is 97.8 cm³/mol. The topological polar surface area (TPSA) is 93.7 Å². The third kappa shape index (κ3) is 8.50. The number of carbonyl (C=O) groups is 3. The Morgan fingerprint density at radius 2 is 1.73 bits per heavy atom. The van der Waals surface area contributed by atoms with Crippen molar-refractivity contribution in [1.29, 1.82) is 0 Å². The summed E-state index contributed by atoms with van der Waals surface area (Å²) in [6.07, 6.45) is 1.22. The maximum absolute atomic E-state index is 12.2. The van der Waals surface area contributed by atoms with E-state index in [0.717, 1.165) is 0 Å². The number of methoxy groups -OCH3 is 1. The van der Waals surface area contributed by atoms with E-state index in [9.17, 15) is 14.4 Å². The fourth-order valence-electron chi connectivity index (χ4n) is 2.20. The second-order valence-electron chi connectivity index (χ2n) is 6.84. The minimum Gasteiger partial charge on any atom is -0.467 e. The van der Waals surface area contributed by atoms with Crippen molar-refractivity contribution in [3.63, 3.8) is 0 Å². The summed E-state index contributed by atoms with van der Waals surface area (Å²) in [7, 11) is 1.29. The van der Waals surface area contributed by atoms with Crippen LogP contribution in [0.2, 0.25) is 0 Å². The Bertz CT molecular complexity index is 596. The standard InChI is InChI=1S/C19H28N2O5/c1-19(2,3)26-18(24)20-13-9-8-12-15(17(23)25-4)21-16(22)14-10-6-5-7-11-14/h5-7,10-11,15H,8-9,12-13H2,1-4H3,(H,20,24)(H,21,22). The van der Waals surface area contributed by atoms with Crippen LogP contribution in [0.25, 0.3) is 0 Å². The maximum Gasteiger partial charge on any atom is 0.407 e. The van der Waals surface area contributed by atoms with Crippen molar-refractivity contribution in [1.82, 2.24) is 10.6 Å². The van der Waals surface area contributed by atoms with Gasteiger partial charge in [0.15, 0.2) is 0 Å². The molecule has 2 N–H and O–H groups in total. The van der Waals surface area contributed by atoms with Gasteiger partial charge in [0.25, 0.3) is 5.91 Å². The molecule has 0 heterocycles. The Kier molecular flexibility index (Phi) is 8.61. The number of nitrogens with one attached hydrogen (secondary N) is 2. The molecule has 7 nitrogen and oxygen atoms in total. The number of esters is 1. The molecule has 0 aromatic heterocycles. The van der Waals surface area contributed by atoms with Crippen molar-refractivity contribution in [2.24, 2.45) is 0 Å². The van der Waals surface area contributed by atoms with Gasteiger partial charge in [0.2, 0.25) is 0 Å². The summed E-state index contributed by atoms with van der Waals surface area (Å²) in [5, 5.41) is 5.35. The zero-order valence-electron chi connectivity index (χ0n) is 15.8. The van der Waals surface area contributed by atoms with Crippen molar-refractivity contribution >= 4 is 18.0 Å². The van der Waals surface area contributed by atoms with Gasteiger partial charge in [-0.05, 0) is 52.2 Å². The Balaban J connectivity index is 2.40. The van der Waals surface area contributed by atoms with Crippen LogP contribution in [-0.4, -0.2) is 43.3 Å². The van der Waals surface area contributed by atoms with Crippen LogP contribution in [0.4, 0.5) is 4.79 Å². The van der Waals surface area contributed by atoms with Crippen molar-refractivity contribution in [2.45, 2.75) is 51.7 Å². The quantitative estimate of drug-likeness (QED) is 0.546. The molecule has 0 bridgehead atoms. The number of rotatable bonds is 8. The van der Waals surface area contributed by atoms with Crippen LogP contribution in [0, 0.1) is 0 Å². The summed E-state index contributed by atoms with van der Waals surface area (Å²) < 4.78 is 9.90. The summed E-state index contributed by atoms with van der Waals surface area (Å²) in [4.78, 5) is 35.6. The lowest BCUT2D eigenvalue weighted by atomic mass is 10.1. The molecule has 0 saturated heterocycles. The summed E-state index contributed by atoms with van der Waals surface area (Å²) >= 11 is 0. The Hall–Kier alpha value is -2.57. The number of benzene rings is 1. The summed E-state index contributed by atoms with van der Waals surface area (Å²) in [5.74, 6) is -0.817.